The number of nitrogens with zero attached hydrogens (tertiary/aromatic N) is 2. The quantitative estimate of drug-likeness (QED) is 0.542. The first-order valence-corrected chi connectivity index (χ1v) is 11.9. The van der Waals surface area contributed by atoms with Crippen molar-refractivity contribution < 1.29 is 14.3 Å². The number of thioether (sulfide) groups is 1. The molecule has 30 heavy (non-hydrogen) atoms. The minimum atomic E-state index is -0.508. The monoisotopic (exact) mass is 442 g/mol. The van der Waals surface area contributed by atoms with Crippen LogP contribution < -0.4 is 14.8 Å². The van der Waals surface area contributed by atoms with Gasteiger partial charge in [-0.1, -0.05) is 24.2 Å². The number of thiophene rings is 1. The van der Waals surface area contributed by atoms with Crippen LogP contribution >= 0.6 is 23.1 Å². The minimum absolute atomic E-state index is 0.115. The maximum absolute atomic E-state index is 12.4. The van der Waals surface area contributed by atoms with Crippen molar-refractivity contribution in [1.82, 2.24) is 15.2 Å². The molecular weight excluding hydrogens is 420 g/mol. The van der Waals surface area contributed by atoms with Crippen LogP contribution in [0.15, 0.2) is 40.9 Å². The van der Waals surface area contributed by atoms with Gasteiger partial charge in [0.15, 0.2) is 11.5 Å². The van der Waals surface area contributed by atoms with Gasteiger partial charge in [0.1, 0.15) is 5.82 Å². The molecule has 1 aliphatic heterocycles. The molecule has 2 aromatic heterocycles. The van der Waals surface area contributed by atoms with Gasteiger partial charge in [-0.05, 0) is 36.4 Å². The highest BCUT2D eigenvalue weighted by molar-refractivity contribution is 7.99. The number of hydrogen-bond acceptors (Lipinski definition) is 7. The lowest BCUT2D eigenvalue weighted by atomic mass is 9.94. The van der Waals surface area contributed by atoms with Crippen LogP contribution in [0.3, 0.4) is 0 Å². The van der Waals surface area contributed by atoms with Crippen molar-refractivity contribution >= 4 is 34.7 Å². The number of carbonyl (C=O) groups excluding carboxylic acids is 1. The van der Waals surface area contributed by atoms with E-state index in [1.165, 1.54) is 23.1 Å². The number of ether oxygens (including phenoxy) is 2. The topological polar surface area (TPSA) is 89.1 Å². The van der Waals surface area contributed by atoms with Crippen molar-refractivity contribution in [3.63, 3.8) is 0 Å². The summed E-state index contributed by atoms with van der Waals surface area (Å²) in [7, 11) is 0. The Balaban J connectivity index is 1.14. The number of fused-ring (bicyclic) bond motifs is 1. The second kappa shape index (κ2) is 8.31. The molecule has 1 spiro atoms. The summed E-state index contributed by atoms with van der Waals surface area (Å²) in [5, 5.41) is 12.6. The van der Waals surface area contributed by atoms with Gasteiger partial charge >= 0.3 is 0 Å². The molecule has 1 aromatic carbocycles. The summed E-state index contributed by atoms with van der Waals surface area (Å²) in [5.41, 5.74) is 0.698. The second-order valence-electron chi connectivity index (χ2n) is 7.49. The van der Waals surface area contributed by atoms with E-state index in [9.17, 15) is 4.79 Å². The zero-order valence-electron chi connectivity index (χ0n) is 16.3. The third kappa shape index (κ3) is 4.32. The molecule has 0 unspecified atom stereocenters. The van der Waals surface area contributed by atoms with Crippen LogP contribution in [0.25, 0.3) is 0 Å². The number of amides is 1. The number of rotatable bonds is 6. The van der Waals surface area contributed by atoms with Gasteiger partial charge in [-0.2, -0.15) is 0 Å². The Morgan fingerprint density at radius 1 is 1.20 bits per heavy atom. The van der Waals surface area contributed by atoms with Crippen LogP contribution in [0, 0.1) is 0 Å². The fourth-order valence-corrected chi connectivity index (χ4v) is 5.12. The molecular formula is C21H22N4O3S2. The van der Waals surface area contributed by atoms with Crippen molar-refractivity contribution in [2.24, 2.45) is 0 Å². The van der Waals surface area contributed by atoms with Crippen molar-refractivity contribution in [3.8, 4) is 11.5 Å². The van der Waals surface area contributed by atoms with Gasteiger partial charge in [-0.15, -0.1) is 16.4 Å². The van der Waals surface area contributed by atoms with Crippen molar-refractivity contribution in [3.05, 3.63) is 46.4 Å². The summed E-state index contributed by atoms with van der Waals surface area (Å²) in [4.78, 5) is 18.0. The number of hydrogen-bond donors (Lipinski definition) is 2. The van der Waals surface area contributed by atoms with Gasteiger partial charge < -0.3 is 14.8 Å². The molecule has 1 fully saturated rings. The molecule has 156 valence electrons. The predicted molar refractivity (Wildman–Crippen MR) is 116 cm³/mol. The number of aromatic nitrogens is 3. The molecule has 0 saturated heterocycles. The van der Waals surface area contributed by atoms with Crippen LogP contribution in [0.4, 0.5) is 5.69 Å². The van der Waals surface area contributed by atoms with E-state index in [4.69, 9.17) is 9.47 Å². The molecule has 7 nitrogen and oxygen atoms in total. The fraction of sp³-hybridized carbons (Fsp3) is 0.381. The van der Waals surface area contributed by atoms with Gasteiger partial charge in [0.05, 0.1) is 5.75 Å². The summed E-state index contributed by atoms with van der Waals surface area (Å²) >= 11 is 2.99. The lowest BCUT2D eigenvalue weighted by Gasteiger charge is -2.31. The molecule has 3 aromatic rings. The van der Waals surface area contributed by atoms with E-state index >= 15 is 0 Å². The number of carbonyl (C=O) groups is 1. The van der Waals surface area contributed by atoms with E-state index in [2.05, 4.69) is 26.6 Å². The molecule has 3 heterocycles. The zero-order valence-corrected chi connectivity index (χ0v) is 18.0. The molecule has 2 aliphatic rings. The molecule has 0 bridgehead atoms. The summed E-state index contributed by atoms with van der Waals surface area (Å²) in [6, 6.07) is 9.63. The number of H-pyrrole nitrogens is 1. The Morgan fingerprint density at radius 2 is 2.07 bits per heavy atom. The molecule has 1 saturated carbocycles. The van der Waals surface area contributed by atoms with Crippen LogP contribution in [-0.2, 0) is 11.2 Å². The third-order valence-corrected chi connectivity index (χ3v) is 6.92. The normalized spacial score (nSPS) is 16.7. The van der Waals surface area contributed by atoms with E-state index in [0.717, 1.165) is 43.7 Å². The SMILES string of the molecule is O=C(CSc1n[nH]c(Cc2cccs2)n1)Nc1ccc2c(c1)OC1(CCCCC1)O2. The van der Waals surface area contributed by atoms with Crippen molar-refractivity contribution in [1.29, 1.82) is 0 Å². The van der Waals surface area contributed by atoms with Gasteiger partial charge in [0.2, 0.25) is 11.1 Å². The summed E-state index contributed by atoms with van der Waals surface area (Å²) in [6.07, 6.45) is 5.99. The first-order chi connectivity index (χ1) is 14.7. The van der Waals surface area contributed by atoms with Crippen LogP contribution in [0.2, 0.25) is 0 Å². The fourth-order valence-electron chi connectivity index (χ4n) is 3.79. The van der Waals surface area contributed by atoms with Crippen LogP contribution in [-0.4, -0.2) is 32.6 Å². The Bertz CT molecular complexity index is 1030. The molecule has 2 N–H and O–H groups in total. The Hall–Kier alpha value is -2.52. The Kier molecular flexibility index (Phi) is 5.39. The van der Waals surface area contributed by atoms with E-state index in [1.54, 1.807) is 11.3 Å². The van der Waals surface area contributed by atoms with E-state index < -0.39 is 5.79 Å². The Morgan fingerprint density at radius 3 is 2.90 bits per heavy atom. The standard InChI is InChI=1S/C21H22N4O3S2/c26-19(13-30-20-23-18(24-25-20)12-15-5-4-10-29-15)22-14-6-7-16-17(11-14)28-21(27-16)8-2-1-3-9-21/h4-7,10-11H,1-3,8-9,12-13H2,(H,22,26)(H,23,24,25). The molecule has 1 aliphatic carbocycles. The van der Waals surface area contributed by atoms with Crippen molar-refractivity contribution in [2.45, 2.75) is 49.5 Å². The van der Waals surface area contributed by atoms with Crippen LogP contribution in [0.1, 0.15) is 42.8 Å². The average molecular weight is 443 g/mol. The largest absolute Gasteiger partial charge is 0.448 e. The molecule has 5 rings (SSSR count). The smallest absolute Gasteiger partial charge is 0.251 e. The first kappa shape index (κ1) is 19.4. The molecule has 1 amide bonds. The van der Waals surface area contributed by atoms with Gasteiger partial charge in [-0.25, -0.2) is 4.98 Å². The van der Waals surface area contributed by atoms with Crippen LogP contribution in [0.5, 0.6) is 11.5 Å². The minimum Gasteiger partial charge on any atom is -0.448 e. The van der Waals surface area contributed by atoms with E-state index in [-0.39, 0.29) is 11.7 Å². The first-order valence-electron chi connectivity index (χ1n) is 10.1. The van der Waals surface area contributed by atoms with E-state index in [0.29, 0.717) is 16.6 Å². The molecule has 9 heteroatoms. The maximum atomic E-state index is 12.4. The van der Waals surface area contributed by atoms with Gasteiger partial charge in [0, 0.05) is 35.9 Å². The number of aromatic amines is 1. The summed E-state index contributed by atoms with van der Waals surface area (Å²) in [6.45, 7) is 0. The van der Waals surface area contributed by atoms with Gasteiger partial charge in [0.25, 0.3) is 5.79 Å². The second-order valence-corrected chi connectivity index (χ2v) is 9.47. The highest BCUT2D eigenvalue weighted by Crippen LogP contribution is 2.46. The number of benzene rings is 1. The lowest BCUT2D eigenvalue weighted by Crippen LogP contribution is -2.40. The van der Waals surface area contributed by atoms with Crippen molar-refractivity contribution in [2.75, 3.05) is 11.1 Å². The lowest BCUT2D eigenvalue weighted by molar-refractivity contribution is -0.113. The number of nitrogens with one attached hydrogen (secondary N) is 2. The zero-order chi connectivity index (χ0) is 20.4. The molecule has 0 atom stereocenters. The summed E-state index contributed by atoms with van der Waals surface area (Å²) in [5.74, 6) is 1.86. The molecule has 0 radical (unpaired) electrons. The highest BCUT2D eigenvalue weighted by atomic mass is 32.2. The number of anilines is 1. The Labute approximate surface area is 182 Å². The average Bonchev–Trinajstić information content (AvgIpc) is 3.48. The summed E-state index contributed by atoms with van der Waals surface area (Å²) < 4.78 is 12.2. The highest BCUT2D eigenvalue weighted by Gasteiger charge is 2.42. The van der Waals surface area contributed by atoms with Gasteiger partial charge in [-0.3, -0.25) is 9.89 Å². The third-order valence-electron chi connectivity index (χ3n) is 5.20. The van der Waals surface area contributed by atoms with E-state index in [1.807, 2.05) is 29.6 Å². The maximum Gasteiger partial charge on any atom is 0.251 e. The predicted octanol–water partition coefficient (Wildman–Crippen LogP) is 4.62.